The molecule has 1 amide bonds. The minimum atomic E-state index is 0.132. The Hall–Kier alpha value is -0.610. The van der Waals surface area contributed by atoms with Gasteiger partial charge in [-0.05, 0) is 14.0 Å². The Labute approximate surface area is 79.4 Å². The molecule has 1 rings (SSSR count). The van der Waals surface area contributed by atoms with Crippen molar-refractivity contribution in [3.8, 4) is 0 Å². The second kappa shape index (κ2) is 4.58. The normalized spacial score (nSPS) is 22.1. The molecule has 1 atom stereocenters. The molecule has 0 aliphatic carbocycles. The number of methoxy groups -OCH3 is 1. The second-order valence-electron chi connectivity index (χ2n) is 3.62. The van der Waals surface area contributed by atoms with Crippen molar-refractivity contribution in [3.05, 3.63) is 0 Å². The Morgan fingerprint density at radius 1 is 1.54 bits per heavy atom. The van der Waals surface area contributed by atoms with E-state index < -0.39 is 0 Å². The summed E-state index contributed by atoms with van der Waals surface area (Å²) in [4.78, 5) is 15.4. The molecule has 1 aliphatic heterocycles. The summed E-state index contributed by atoms with van der Waals surface area (Å²) in [6.45, 7) is 5.01. The number of likely N-dealkylation sites (N-methyl/N-ethyl adjacent to an activating group) is 1. The lowest BCUT2D eigenvalue weighted by atomic mass is 10.3. The van der Waals surface area contributed by atoms with Crippen LogP contribution >= 0.6 is 0 Å². The summed E-state index contributed by atoms with van der Waals surface area (Å²) in [5.74, 6) is 0.206. The van der Waals surface area contributed by atoms with Crippen molar-refractivity contribution in [1.29, 1.82) is 0 Å². The van der Waals surface area contributed by atoms with Gasteiger partial charge in [0.05, 0.1) is 12.6 Å². The minimum absolute atomic E-state index is 0.132. The summed E-state index contributed by atoms with van der Waals surface area (Å²) in [7, 11) is 3.64. The van der Waals surface area contributed by atoms with Crippen LogP contribution in [-0.2, 0) is 9.53 Å². The quantitative estimate of drug-likeness (QED) is 0.611. The van der Waals surface area contributed by atoms with E-state index in [1.165, 1.54) is 0 Å². The molecule has 0 bridgehead atoms. The van der Waals surface area contributed by atoms with E-state index in [0.717, 1.165) is 13.1 Å². The van der Waals surface area contributed by atoms with Crippen LogP contribution in [0.25, 0.3) is 0 Å². The van der Waals surface area contributed by atoms with Gasteiger partial charge in [-0.2, -0.15) is 0 Å². The number of hydrogen-bond donors (Lipinski definition) is 0. The molecule has 4 nitrogen and oxygen atoms in total. The summed E-state index contributed by atoms with van der Waals surface area (Å²) in [5, 5.41) is 0. The monoisotopic (exact) mass is 186 g/mol. The number of carbonyl (C=O) groups is 1. The van der Waals surface area contributed by atoms with E-state index in [-0.39, 0.29) is 12.0 Å². The third-order valence-corrected chi connectivity index (χ3v) is 2.39. The molecule has 0 N–H and O–H groups in total. The van der Waals surface area contributed by atoms with Gasteiger partial charge in [-0.25, -0.2) is 0 Å². The predicted molar refractivity (Wildman–Crippen MR) is 50.5 cm³/mol. The number of rotatable bonds is 3. The fourth-order valence-corrected chi connectivity index (χ4v) is 1.40. The number of carbonyl (C=O) groups excluding carboxylic acids is 1. The zero-order valence-electron chi connectivity index (χ0n) is 8.62. The van der Waals surface area contributed by atoms with Gasteiger partial charge in [0.1, 0.15) is 0 Å². The summed E-state index contributed by atoms with van der Waals surface area (Å²) in [5.41, 5.74) is 0. The van der Waals surface area contributed by atoms with E-state index in [9.17, 15) is 4.79 Å². The van der Waals surface area contributed by atoms with Gasteiger partial charge < -0.3 is 9.64 Å². The first kappa shape index (κ1) is 10.5. The largest absolute Gasteiger partial charge is 0.380 e. The zero-order chi connectivity index (χ0) is 9.84. The molecule has 0 aromatic rings. The first-order valence-corrected chi connectivity index (χ1v) is 4.62. The van der Waals surface area contributed by atoms with Gasteiger partial charge in [0.25, 0.3) is 0 Å². The van der Waals surface area contributed by atoms with Crippen LogP contribution in [0, 0.1) is 0 Å². The molecule has 0 spiro atoms. The minimum Gasteiger partial charge on any atom is -0.380 e. The molecule has 0 aromatic carbocycles. The molecule has 0 saturated carbocycles. The fraction of sp³-hybridized carbons (Fsp3) is 0.889. The van der Waals surface area contributed by atoms with Gasteiger partial charge >= 0.3 is 0 Å². The van der Waals surface area contributed by atoms with Gasteiger partial charge in [0.2, 0.25) is 5.91 Å². The van der Waals surface area contributed by atoms with Crippen LogP contribution < -0.4 is 0 Å². The van der Waals surface area contributed by atoms with Crippen molar-refractivity contribution in [2.75, 3.05) is 40.3 Å². The molecule has 1 saturated heterocycles. The molecule has 1 heterocycles. The molecular weight excluding hydrogens is 168 g/mol. The molecule has 1 aliphatic rings. The van der Waals surface area contributed by atoms with Crippen molar-refractivity contribution in [2.24, 2.45) is 0 Å². The van der Waals surface area contributed by atoms with Gasteiger partial charge in [0.15, 0.2) is 0 Å². The van der Waals surface area contributed by atoms with E-state index in [1.54, 1.807) is 7.11 Å². The van der Waals surface area contributed by atoms with Crippen molar-refractivity contribution in [2.45, 2.75) is 13.0 Å². The maximum absolute atomic E-state index is 11.5. The molecule has 76 valence electrons. The van der Waals surface area contributed by atoms with Crippen molar-refractivity contribution in [1.82, 2.24) is 9.80 Å². The van der Waals surface area contributed by atoms with Crippen LogP contribution in [0.15, 0.2) is 0 Å². The Kier molecular flexibility index (Phi) is 3.69. The average molecular weight is 186 g/mol. The lowest BCUT2D eigenvalue weighted by Crippen LogP contribution is -2.50. The highest BCUT2D eigenvalue weighted by Crippen LogP contribution is 2.03. The third kappa shape index (κ3) is 2.97. The van der Waals surface area contributed by atoms with Crippen molar-refractivity contribution < 1.29 is 9.53 Å². The summed E-state index contributed by atoms with van der Waals surface area (Å²) >= 11 is 0. The number of nitrogens with zero attached hydrogens (tertiary/aromatic N) is 2. The maximum atomic E-state index is 11.5. The highest BCUT2D eigenvalue weighted by atomic mass is 16.5. The molecule has 13 heavy (non-hydrogen) atoms. The number of amides is 1. The topological polar surface area (TPSA) is 32.8 Å². The Morgan fingerprint density at radius 3 is 2.77 bits per heavy atom. The highest BCUT2D eigenvalue weighted by molar-refractivity contribution is 5.79. The number of ether oxygens (including phenoxy) is 1. The lowest BCUT2D eigenvalue weighted by Gasteiger charge is -2.33. The van der Waals surface area contributed by atoms with Crippen LogP contribution in [0.3, 0.4) is 0 Å². The van der Waals surface area contributed by atoms with E-state index in [2.05, 4.69) is 0 Å². The van der Waals surface area contributed by atoms with Crippen LogP contribution in [0.4, 0.5) is 0 Å². The first-order valence-electron chi connectivity index (χ1n) is 4.62. The van der Waals surface area contributed by atoms with E-state index in [1.807, 2.05) is 23.8 Å². The van der Waals surface area contributed by atoms with E-state index >= 15 is 0 Å². The van der Waals surface area contributed by atoms with E-state index in [0.29, 0.717) is 13.1 Å². The molecule has 1 fully saturated rings. The molecule has 0 radical (unpaired) electrons. The van der Waals surface area contributed by atoms with E-state index in [4.69, 9.17) is 4.74 Å². The van der Waals surface area contributed by atoms with Crippen LogP contribution in [0.2, 0.25) is 0 Å². The van der Waals surface area contributed by atoms with Crippen molar-refractivity contribution >= 4 is 5.91 Å². The molecule has 1 unspecified atom stereocenters. The first-order chi connectivity index (χ1) is 6.13. The smallest absolute Gasteiger partial charge is 0.236 e. The lowest BCUT2D eigenvalue weighted by molar-refractivity contribution is -0.137. The van der Waals surface area contributed by atoms with Crippen LogP contribution in [0.1, 0.15) is 6.92 Å². The maximum Gasteiger partial charge on any atom is 0.236 e. The summed E-state index contributed by atoms with van der Waals surface area (Å²) in [6.07, 6.45) is 0.132. The second-order valence-corrected chi connectivity index (χ2v) is 3.62. The number of hydrogen-bond acceptors (Lipinski definition) is 3. The average Bonchev–Trinajstić information content (AvgIpc) is 2.09. The molecule has 4 heteroatoms. The van der Waals surface area contributed by atoms with Crippen LogP contribution in [-0.4, -0.2) is 62.1 Å². The highest BCUT2D eigenvalue weighted by Gasteiger charge is 2.22. The summed E-state index contributed by atoms with van der Waals surface area (Å²) < 4.78 is 5.12. The Morgan fingerprint density at radius 2 is 2.23 bits per heavy atom. The Balaban J connectivity index is 2.38. The molecular formula is C9H18N2O2. The van der Waals surface area contributed by atoms with Gasteiger partial charge in [-0.15, -0.1) is 0 Å². The van der Waals surface area contributed by atoms with Crippen molar-refractivity contribution in [3.63, 3.8) is 0 Å². The third-order valence-electron chi connectivity index (χ3n) is 2.39. The molecule has 0 aromatic heterocycles. The summed E-state index contributed by atoms with van der Waals surface area (Å²) in [6, 6.07) is 0. The van der Waals surface area contributed by atoms with Crippen LogP contribution in [0.5, 0.6) is 0 Å². The standard InChI is InChI=1S/C9H18N2O2/c1-8(13-3)6-11-5-4-10(2)7-9(11)12/h8H,4-7H2,1-3H3. The predicted octanol–water partition coefficient (Wildman–Crippen LogP) is -0.205. The number of piperazine rings is 1. The SMILES string of the molecule is COC(C)CN1CCN(C)CC1=O. The van der Waals surface area contributed by atoms with Gasteiger partial charge in [-0.1, -0.05) is 0 Å². The Bertz CT molecular complexity index is 184. The fourth-order valence-electron chi connectivity index (χ4n) is 1.40. The zero-order valence-corrected chi connectivity index (χ0v) is 8.62. The van der Waals surface area contributed by atoms with Gasteiger partial charge in [0, 0.05) is 26.7 Å². The van der Waals surface area contributed by atoms with Gasteiger partial charge in [-0.3, -0.25) is 9.69 Å².